The number of halogens is 2. The molecule has 0 aliphatic carbocycles. The van der Waals surface area contributed by atoms with Gasteiger partial charge in [-0.1, -0.05) is 47.1 Å². The summed E-state index contributed by atoms with van der Waals surface area (Å²) in [6.45, 7) is 8.80. The predicted octanol–water partition coefficient (Wildman–Crippen LogP) is 6.65. The average molecular weight is 436 g/mol. The topological polar surface area (TPSA) is 39.9 Å². The summed E-state index contributed by atoms with van der Waals surface area (Å²) in [5.41, 5.74) is 3.15. The zero-order chi connectivity index (χ0) is 20.3. The first kappa shape index (κ1) is 21.0. The molecule has 3 aromatic rings. The van der Waals surface area contributed by atoms with Crippen molar-refractivity contribution in [3.63, 3.8) is 0 Å². The average Bonchev–Trinajstić information content (AvgIpc) is 3.07. The van der Waals surface area contributed by atoms with E-state index >= 15 is 0 Å². The Morgan fingerprint density at radius 1 is 1.11 bits per heavy atom. The van der Waals surface area contributed by atoms with E-state index in [0.29, 0.717) is 0 Å². The second kappa shape index (κ2) is 9.21. The summed E-state index contributed by atoms with van der Waals surface area (Å²) in [6, 6.07) is 11.8. The molecule has 1 unspecified atom stereocenters. The molecule has 2 aromatic carbocycles. The van der Waals surface area contributed by atoms with Crippen LogP contribution >= 0.6 is 35.0 Å². The minimum atomic E-state index is -0.229. The van der Waals surface area contributed by atoms with Gasteiger partial charge in [-0.15, -0.1) is 10.2 Å². The molecule has 1 heterocycles. The molecule has 0 radical (unpaired) electrons. The highest BCUT2D eigenvalue weighted by Gasteiger charge is 2.19. The van der Waals surface area contributed by atoms with Gasteiger partial charge in [-0.05, 0) is 68.7 Å². The zero-order valence-electron chi connectivity index (χ0n) is 16.4. The van der Waals surface area contributed by atoms with Gasteiger partial charge in [-0.2, -0.15) is 0 Å². The van der Waals surface area contributed by atoms with Crippen LogP contribution in [-0.2, 0) is 12.3 Å². The van der Waals surface area contributed by atoms with Crippen molar-refractivity contribution in [1.82, 2.24) is 14.8 Å². The van der Waals surface area contributed by atoms with E-state index in [9.17, 15) is 0 Å². The molecule has 3 rings (SSSR count). The second-order valence-corrected chi connectivity index (χ2v) is 8.39. The summed E-state index contributed by atoms with van der Waals surface area (Å²) in [7, 11) is 0. The largest absolute Gasteiger partial charge is 0.483 e. The van der Waals surface area contributed by atoms with Gasteiger partial charge in [-0.3, -0.25) is 0 Å². The van der Waals surface area contributed by atoms with Crippen LogP contribution in [0.25, 0.3) is 0 Å². The Hall–Kier alpha value is -1.69. The summed E-state index contributed by atoms with van der Waals surface area (Å²) in [4.78, 5) is 0. The fourth-order valence-corrected chi connectivity index (χ4v) is 4.28. The molecule has 7 heteroatoms. The molecular weight excluding hydrogens is 413 g/mol. The normalized spacial score (nSPS) is 12.2. The van der Waals surface area contributed by atoms with Crippen LogP contribution in [0.1, 0.15) is 42.5 Å². The van der Waals surface area contributed by atoms with Gasteiger partial charge >= 0.3 is 0 Å². The van der Waals surface area contributed by atoms with Crippen LogP contribution in [0.5, 0.6) is 5.75 Å². The van der Waals surface area contributed by atoms with Crippen LogP contribution in [0, 0.1) is 13.8 Å². The van der Waals surface area contributed by atoms with E-state index < -0.39 is 0 Å². The van der Waals surface area contributed by atoms with Crippen LogP contribution < -0.4 is 4.74 Å². The van der Waals surface area contributed by atoms with Crippen molar-refractivity contribution in [2.45, 2.75) is 51.3 Å². The van der Waals surface area contributed by atoms with Crippen molar-refractivity contribution in [1.29, 1.82) is 0 Å². The molecule has 0 aliphatic heterocycles. The number of hydrogen-bond acceptors (Lipinski definition) is 4. The fourth-order valence-electron chi connectivity index (χ4n) is 3.01. The molecule has 0 saturated carbocycles. The number of hydrogen-bond donors (Lipinski definition) is 0. The standard InChI is InChI=1S/C21H23Cl2N3OS/c1-5-26-20(15(4)27-18-9-13(2)19(23)14(3)10-18)24-25-21(26)28-12-16-7-6-8-17(22)11-16/h6-11,15H,5,12H2,1-4H3. The first-order valence-electron chi connectivity index (χ1n) is 9.12. The highest BCUT2D eigenvalue weighted by atomic mass is 35.5. The number of aryl methyl sites for hydroxylation is 2. The summed E-state index contributed by atoms with van der Waals surface area (Å²) >= 11 is 14.0. The smallest absolute Gasteiger partial charge is 0.191 e. The van der Waals surface area contributed by atoms with Crippen molar-refractivity contribution in [2.24, 2.45) is 0 Å². The lowest BCUT2D eigenvalue weighted by Gasteiger charge is -2.17. The zero-order valence-corrected chi connectivity index (χ0v) is 18.7. The minimum absolute atomic E-state index is 0.229. The van der Waals surface area contributed by atoms with Gasteiger partial charge in [0.2, 0.25) is 0 Å². The third-order valence-electron chi connectivity index (χ3n) is 4.41. The number of thioether (sulfide) groups is 1. The van der Waals surface area contributed by atoms with E-state index in [1.807, 2.05) is 51.1 Å². The van der Waals surface area contributed by atoms with E-state index in [0.717, 1.165) is 55.8 Å². The molecule has 0 spiro atoms. The lowest BCUT2D eigenvalue weighted by Crippen LogP contribution is -2.12. The SMILES string of the molecule is CCn1c(SCc2cccc(Cl)c2)nnc1C(C)Oc1cc(C)c(Cl)c(C)c1. The Morgan fingerprint density at radius 3 is 2.46 bits per heavy atom. The van der Waals surface area contributed by atoms with Gasteiger partial charge in [0, 0.05) is 22.3 Å². The third kappa shape index (κ3) is 4.83. The van der Waals surface area contributed by atoms with Crippen molar-refractivity contribution >= 4 is 35.0 Å². The van der Waals surface area contributed by atoms with Crippen LogP contribution in [-0.4, -0.2) is 14.8 Å². The molecule has 1 aromatic heterocycles. The van der Waals surface area contributed by atoms with Crippen molar-refractivity contribution in [2.75, 3.05) is 0 Å². The molecule has 0 amide bonds. The van der Waals surface area contributed by atoms with Crippen LogP contribution in [0.4, 0.5) is 0 Å². The van der Waals surface area contributed by atoms with Crippen molar-refractivity contribution in [3.8, 4) is 5.75 Å². The lowest BCUT2D eigenvalue weighted by molar-refractivity contribution is 0.209. The predicted molar refractivity (Wildman–Crippen MR) is 117 cm³/mol. The molecule has 0 saturated heterocycles. The van der Waals surface area contributed by atoms with Gasteiger partial charge in [-0.25, -0.2) is 0 Å². The fraction of sp³-hybridized carbons (Fsp3) is 0.333. The monoisotopic (exact) mass is 435 g/mol. The summed E-state index contributed by atoms with van der Waals surface area (Å²) in [6.07, 6.45) is -0.229. The van der Waals surface area contributed by atoms with Gasteiger partial charge in [0.1, 0.15) is 5.75 Å². The molecule has 148 valence electrons. The van der Waals surface area contributed by atoms with Crippen LogP contribution in [0.3, 0.4) is 0 Å². The molecule has 0 aliphatic rings. The summed E-state index contributed by atoms with van der Waals surface area (Å²) in [5, 5.41) is 11.2. The Labute approximate surface area is 180 Å². The number of aromatic nitrogens is 3. The number of benzene rings is 2. The van der Waals surface area contributed by atoms with Crippen molar-refractivity contribution < 1.29 is 4.74 Å². The summed E-state index contributed by atoms with van der Waals surface area (Å²) < 4.78 is 8.24. The third-order valence-corrected chi connectivity index (χ3v) is 6.27. The minimum Gasteiger partial charge on any atom is -0.483 e. The Balaban J connectivity index is 1.75. The molecule has 1 atom stereocenters. The number of nitrogens with zero attached hydrogens (tertiary/aromatic N) is 3. The maximum Gasteiger partial charge on any atom is 0.191 e. The first-order chi connectivity index (χ1) is 13.4. The highest BCUT2D eigenvalue weighted by Crippen LogP contribution is 2.30. The number of ether oxygens (including phenoxy) is 1. The van der Waals surface area contributed by atoms with E-state index in [1.54, 1.807) is 11.8 Å². The molecule has 0 bridgehead atoms. The van der Waals surface area contributed by atoms with Crippen LogP contribution in [0.2, 0.25) is 10.0 Å². The maximum atomic E-state index is 6.26. The molecule has 0 fully saturated rings. The Bertz CT molecular complexity index is 951. The Kier molecular flexibility index (Phi) is 6.91. The van der Waals surface area contributed by atoms with E-state index in [-0.39, 0.29) is 6.10 Å². The Morgan fingerprint density at radius 2 is 1.82 bits per heavy atom. The van der Waals surface area contributed by atoms with Gasteiger partial charge < -0.3 is 9.30 Å². The van der Waals surface area contributed by atoms with Crippen LogP contribution in [0.15, 0.2) is 41.6 Å². The molecule has 0 N–H and O–H groups in total. The van der Waals surface area contributed by atoms with E-state index in [1.165, 1.54) is 0 Å². The maximum absolute atomic E-state index is 6.26. The highest BCUT2D eigenvalue weighted by molar-refractivity contribution is 7.98. The van der Waals surface area contributed by atoms with E-state index in [4.69, 9.17) is 27.9 Å². The first-order valence-corrected chi connectivity index (χ1v) is 10.9. The van der Waals surface area contributed by atoms with E-state index in [2.05, 4.69) is 27.8 Å². The number of rotatable bonds is 7. The van der Waals surface area contributed by atoms with Crippen molar-refractivity contribution in [3.05, 3.63) is 69.0 Å². The molecular formula is C21H23Cl2N3OS. The molecule has 28 heavy (non-hydrogen) atoms. The quantitative estimate of drug-likeness (QED) is 0.389. The lowest BCUT2D eigenvalue weighted by atomic mass is 10.1. The second-order valence-electron chi connectivity index (χ2n) is 6.63. The van der Waals surface area contributed by atoms with Gasteiger partial charge in [0.15, 0.2) is 17.1 Å². The van der Waals surface area contributed by atoms with Gasteiger partial charge in [0.25, 0.3) is 0 Å². The summed E-state index contributed by atoms with van der Waals surface area (Å²) in [5.74, 6) is 2.37. The van der Waals surface area contributed by atoms with Gasteiger partial charge in [0.05, 0.1) is 0 Å². The molecule has 4 nitrogen and oxygen atoms in total.